The lowest BCUT2D eigenvalue weighted by molar-refractivity contribution is 0.104. The van der Waals surface area contributed by atoms with Gasteiger partial charge in [0.15, 0.2) is 5.78 Å². The highest BCUT2D eigenvalue weighted by molar-refractivity contribution is 7.89. The molecule has 4 nitrogen and oxygen atoms in total. The Morgan fingerprint density at radius 1 is 0.909 bits per heavy atom. The van der Waals surface area contributed by atoms with Crippen LogP contribution < -0.4 is 5.14 Å². The summed E-state index contributed by atoms with van der Waals surface area (Å²) in [5.41, 5.74) is 1.44. The second-order valence-corrected chi connectivity index (χ2v) is 6.12. The Morgan fingerprint density at radius 2 is 1.55 bits per heavy atom. The molecule has 0 aliphatic rings. The molecule has 22 heavy (non-hydrogen) atoms. The van der Waals surface area contributed by atoms with Crippen molar-refractivity contribution in [3.63, 3.8) is 0 Å². The zero-order valence-corrected chi connectivity index (χ0v) is 12.5. The van der Waals surface area contributed by atoms with Crippen LogP contribution in [0.3, 0.4) is 0 Å². The maximum Gasteiger partial charge on any atom is 0.238 e. The van der Waals surface area contributed by atoms with Crippen LogP contribution in [0.1, 0.15) is 15.9 Å². The minimum absolute atomic E-state index is 0.0689. The van der Waals surface area contributed by atoms with Crippen molar-refractivity contribution < 1.29 is 13.2 Å². The second-order valence-electron chi connectivity index (χ2n) is 4.56. The molecule has 0 aliphatic heterocycles. The van der Waals surface area contributed by atoms with Gasteiger partial charge in [-0.05, 0) is 23.8 Å². The van der Waals surface area contributed by atoms with Gasteiger partial charge >= 0.3 is 0 Å². The molecule has 0 atom stereocenters. The number of hydrogen-bond acceptors (Lipinski definition) is 3. The van der Waals surface area contributed by atoms with Crippen LogP contribution in [0, 0.1) is 0 Å². The van der Waals surface area contributed by atoms with Gasteiger partial charge in [0.05, 0.1) is 4.90 Å². The molecule has 0 unspecified atom stereocenters. The molecule has 2 N–H and O–H groups in total. The third-order valence-corrected chi connectivity index (χ3v) is 3.84. The number of allylic oxidation sites excluding steroid dienone is 3. The lowest BCUT2D eigenvalue weighted by Crippen LogP contribution is -2.11. The summed E-state index contributed by atoms with van der Waals surface area (Å²) < 4.78 is 22.3. The molecule has 0 aliphatic carbocycles. The average molecular weight is 313 g/mol. The Morgan fingerprint density at radius 3 is 2.14 bits per heavy atom. The van der Waals surface area contributed by atoms with Crippen LogP contribution in [0.15, 0.2) is 77.7 Å². The van der Waals surface area contributed by atoms with Gasteiger partial charge in [-0.2, -0.15) is 0 Å². The third-order valence-electron chi connectivity index (χ3n) is 2.91. The molecule has 0 heterocycles. The highest BCUT2D eigenvalue weighted by Crippen LogP contribution is 2.10. The van der Waals surface area contributed by atoms with E-state index in [0.29, 0.717) is 5.56 Å². The van der Waals surface area contributed by atoms with Crippen LogP contribution in [-0.4, -0.2) is 14.2 Å². The maximum absolute atomic E-state index is 11.8. The first kappa shape index (κ1) is 15.9. The van der Waals surface area contributed by atoms with Gasteiger partial charge in [0, 0.05) is 5.56 Å². The van der Waals surface area contributed by atoms with Gasteiger partial charge in [0.1, 0.15) is 0 Å². The number of ketones is 1. The summed E-state index contributed by atoms with van der Waals surface area (Å²) in [7, 11) is -3.67. The fourth-order valence-corrected chi connectivity index (χ4v) is 2.29. The summed E-state index contributed by atoms with van der Waals surface area (Å²) in [6.45, 7) is 0. The van der Waals surface area contributed by atoms with Crippen molar-refractivity contribution >= 4 is 21.9 Å². The average Bonchev–Trinajstić information content (AvgIpc) is 2.52. The van der Waals surface area contributed by atoms with Gasteiger partial charge in [0.25, 0.3) is 0 Å². The van der Waals surface area contributed by atoms with E-state index in [9.17, 15) is 13.2 Å². The van der Waals surface area contributed by atoms with E-state index in [1.54, 1.807) is 42.5 Å². The molecule has 0 saturated heterocycles. The molecule has 0 aromatic heterocycles. The lowest BCUT2D eigenvalue weighted by atomic mass is 10.1. The van der Waals surface area contributed by atoms with Crippen LogP contribution in [0.25, 0.3) is 6.08 Å². The Kier molecular flexibility index (Phi) is 5.04. The van der Waals surface area contributed by atoms with Gasteiger partial charge in [-0.1, -0.05) is 60.7 Å². The highest BCUT2D eigenvalue weighted by atomic mass is 32.2. The number of benzene rings is 2. The number of hydrogen-bond donors (Lipinski definition) is 1. The molecule has 0 radical (unpaired) electrons. The fraction of sp³-hybridized carbons (Fsp3) is 0. The second kappa shape index (κ2) is 6.98. The first-order valence-corrected chi connectivity index (χ1v) is 8.08. The zero-order chi connectivity index (χ0) is 16.0. The Labute approximate surface area is 129 Å². The van der Waals surface area contributed by atoms with Crippen molar-refractivity contribution in [3.05, 3.63) is 84.0 Å². The smallest absolute Gasteiger partial charge is 0.238 e. The van der Waals surface area contributed by atoms with Gasteiger partial charge in [0.2, 0.25) is 10.0 Å². The fourth-order valence-electron chi connectivity index (χ4n) is 1.78. The molecule has 2 rings (SSSR count). The summed E-state index contributed by atoms with van der Waals surface area (Å²) in [6, 6.07) is 15.1. The normalized spacial score (nSPS) is 12.0. The van der Waals surface area contributed by atoms with Crippen LogP contribution >= 0.6 is 0 Å². The summed E-state index contributed by atoms with van der Waals surface area (Å²) in [5.74, 6) is -0.0742. The van der Waals surface area contributed by atoms with E-state index in [1.165, 1.54) is 18.2 Å². The highest BCUT2D eigenvalue weighted by Gasteiger charge is 2.05. The van der Waals surface area contributed by atoms with E-state index in [4.69, 9.17) is 5.14 Å². The largest absolute Gasteiger partial charge is 0.289 e. The first-order chi connectivity index (χ1) is 10.5. The lowest BCUT2D eigenvalue weighted by Gasteiger charge is -1.98. The zero-order valence-electron chi connectivity index (χ0n) is 11.7. The number of primary sulfonamides is 1. The Hall–Kier alpha value is -2.50. The van der Waals surface area contributed by atoms with Crippen LogP contribution in [0.5, 0.6) is 0 Å². The summed E-state index contributed by atoms with van der Waals surface area (Å²) in [6.07, 6.45) is 6.60. The van der Waals surface area contributed by atoms with Crippen molar-refractivity contribution in [3.8, 4) is 0 Å². The minimum Gasteiger partial charge on any atom is -0.289 e. The van der Waals surface area contributed by atoms with Crippen molar-refractivity contribution in [2.24, 2.45) is 5.14 Å². The predicted octanol–water partition coefficient (Wildman–Crippen LogP) is 2.79. The molecule has 0 bridgehead atoms. The van der Waals surface area contributed by atoms with E-state index in [0.717, 1.165) is 5.56 Å². The van der Waals surface area contributed by atoms with Crippen molar-refractivity contribution in [1.29, 1.82) is 0 Å². The summed E-state index contributed by atoms with van der Waals surface area (Å²) in [5, 5.41) is 5.02. The molecule has 0 spiro atoms. The minimum atomic E-state index is -3.67. The summed E-state index contributed by atoms with van der Waals surface area (Å²) >= 11 is 0. The monoisotopic (exact) mass is 313 g/mol. The molecular formula is C17H15NO3S. The molecule has 0 fully saturated rings. The van der Waals surface area contributed by atoms with Crippen molar-refractivity contribution in [1.82, 2.24) is 0 Å². The Balaban J connectivity index is 2.01. The molecule has 2 aromatic carbocycles. The van der Waals surface area contributed by atoms with E-state index in [-0.39, 0.29) is 10.7 Å². The van der Waals surface area contributed by atoms with E-state index in [1.807, 2.05) is 18.2 Å². The first-order valence-electron chi connectivity index (χ1n) is 6.54. The van der Waals surface area contributed by atoms with Gasteiger partial charge < -0.3 is 0 Å². The number of carbonyl (C=O) groups is 1. The number of carbonyl (C=O) groups excluding carboxylic acids is 1. The third kappa shape index (κ3) is 4.51. The SMILES string of the molecule is NS(=O)(=O)c1ccc(C=CC=CC(=O)c2ccccc2)cc1. The molecule has 0 amide bonds. The Bertz CT molecular complexity index is 805. The maximum atomic E-state index is 11.8. The summed E-state index contributed by atoms with van der Waals surface area (Å²) in [4.78, 5) is 11.9. The van der Waals surface area contributed by atoms with Crippen LogP contribution in [-0.2, 0) is 10.0 Å². The van der Waals surface area contributed by atoms with Gasteiger partial charge in [-0.3, -0.25) is 4.79 Å². The van der Waals surface area contributed by atoms with E-state index in [2.05, 4.69) is 0 Å². The number of sulfonamides is 1. The van der Waals surface area contributed by atoms with E-state index < -0.39 is 10.0 Å². The quantitative estimate of drug-likeness (QED) is 0.524. The number of nitrogens with two attached hydrogens (primary N) is 1. The van der Waals surface area contributed by atoms with Crippen molar-refractivity contribution in [2.75, 3.05) is 0 Å². The standard InChI is InChI=1S/C17H15NO3S/c18-22(20,21)16-12-10-14(11-13-16)6-4-5-9-17(19)15-7-2-1-3-8-15/h1-13H,(H2,18,20,21). The topological polar surface area (TPSA) is 77.2 Å². The van der Waals surface area contributed by atoms with Crippen LogP contribution in [0.4, 0.5) is 0 Å². The molecule has 112 valence electrons. The molecular weight excluding hydrogens is 298 g/mol. The van der Waals surface area contributed by atoms with Crippen molar-refractivity contribution in [2.45, 2.75) is 4.90 Å². The number of rotatable bonds is 5. The van der Waals surface area contributed by atoms with Gasteiger partial charge in [-0.25, -0.2) is 13.6 Å². The molecule has 5 heteroatoms. The van der Waals surface area contributed by atoms with E-state index >= 15 is 0 Å². The van der Waals surface area contributed by atoms with Crippen LogP contribution in [0.2, 0.25) is 0 Å². The molecule has 0 saturated carbocycles. The molecule has 2 aromatic rings. The predicted molar refractivity (Wildman–Crippen MR) is 86.8 cm³/mol. The van der Waals surface area contributed by atoms with Gasteiger partial charge in [-0.15, -0.1) is 0 Å².